The lowest BCUT2D eigenvalue weighted by Crippen LogP contribution is -2.40. The van der Waals surface area contributed by atoms with Gasteiger partial charge in [-0.25, -0.2) is 14.6 Å². The zero-order valence-corrected chi connectivity index (χ0v) is 28.4. The molecule has 0 N–H and O–H groups in total. The summed E-state index contributed by atoms with van der Waals surface area (Å²) in [6.45, 7) is 10.3. The van der Waals surface area contributed by atoms with Gasteiger partial charge in [0.15, 0.2) is 4.80 Å². The van der Waals surface area contributed by atoms with Gasteiger partial charge in [-0.2, -0.15) is 0 Å². The molecule has 10 heteroatoms. The summed E-state index contributed by atoms with van der Waals surface area (Å²) in [6, 6.07) is 22.1. The lowest BCUT2D eigenvalue weighted by Gasteiger charge is -2.26. The second-order valence-corrected chi connectivity index (χ2v) is 12.7. The molecular formula is C38H37N3O6S. The average molecular weight is 664 g/mol. The Balaban J connectivity index is 1.46. The van der Waals surface area contributed by atoms with Gasteiger partial charge >= 0.3 is 11.9 Å². The van der Waals surface area contributed by atoms with Gasteiger partial charge in [0.25, 0.3) is 5.56 Å². The Bertz CT molecular complexity index is 2220. The van der Waals surface area contributed by atoms with Crippen molar-refractivity contribution in [2.45, 2.75) is 53.3 Å². The van der Waals surface area contributed by atoms with Gasteiger partial charge in [-0.05, 0) is 70.5 Å². The Morgan fingerprint density at radius 3 is 2.35 bits per heavy atom. The van der Waals surface area contributed by atoms with Gasteiger partial charge in [-0.3, -0.25) is 9.36 Å². The molecule has 0 spiro atoms. The van der Waals surface area contributed by atoms with Gasteiger partial charge in [0.05, 0.1) is 40.7 Å². The summed E-state index contributed by atoms with van der Waals surface area (Å²) in [5, 5.41) is 0.988. The highest BCUT2D eigenvalue weighted by molar-refractivity contribution is 7.07. The zero-order valence-electron chi connectivity index (χ0n) is 27.6. The monoisotopic (exact) mass is 663 g/mol. The Labute approximate surface area is 282 Å². The van der Waals surface area contributed by atoms with E-state index in [0.717, 1.165) is 22.0 Å². The number of benzene rings is 3. The first-order chi connectivity index (χ1) is 23.2. The number of para-hydroxylation sites is 2. The fraction of sp³-hybridized carbons (Fsp3) is 0.263. The highest BCUT2D eigenvalue weighted by Gasteiger charge is 2.35. The number of hydrogen-bond acceptors (Lipinski definition) is 8. The Morgan fingerprint density at radius 2 is 1.62 bits per heavy atom. The largest absolute Gasteiger partial charge is 0.491 e. The summed E-state index contributed by atoms with van der Waals surface area (Å²) in [5.74, 6) is -0.278. The van der Waals surface area contributed by atoms with Crippen molar-refractivity contribution in [1.82, 2.24) is 9.13 Å². The summed E-state index contributed by atoms with van der Waals surface area (Å²) in [6.07, 6.45) is 3.80. The van der Waals surface area contributed by atoms with Gasteiger partial charge < -0.3 is 18.8 Å². The van der Waals surface area contributed by atoms with Crippen molar-refractivity contribution in [2.24, 2.45) is 4.99 Å². The molecule has 1 aliphatic heterocycles. The molecule has 0 fully saturated rings. The third-order valence-electron chi connectivity index (χ3n) is 8.02. The van der Waals surface area contributed by atoms with E-state index >= 15 is 0 Å². The smallest absolute Gasteiger partial charge is 0.338 e. The average Bonchev–Trinajstić information content (AvgIpc) is 3.56. The lowest BCUT2D eigenvalue weighted by molar-refractivity contribution is -0.139. The molecule has 0 saturated carbocycles. The van der Waals surface area contributed by atoms with Crippen molar-refractivity contribution in [1.29, 1.82) is 0 Å². The Hall–Kier alpha value is -5.22. The molecule has 48 heavy (non-hydrogen) atoms. The number of fused-ring (bicyclic) bond motifs is 2. The first kappa shape index (κ1) is 32.7. The number of nitrogens with zero attached hydrogens (tertiary/aromatic N) is 3. The molecule has 3 aromatic carbocycles. The number of thiazole rings is 1. The maximum absolute atomic E-state index is 14.4. The molecule has 0 bridgehead atoms. The maximum Gasteiger partial charge on any atom is 0.338 e. The molecule has 1 aliphatic rings. The quantitative estimate of drug-likeness (QED) is 0.176. The second-order valence-electron chi connectivity index (χ2n) is 11.7. The van der Waals surface area contributed by atoms with Gasteiger partial charge in [0, 0.05) is 34.8 Å². The molecule has 0 amide bonds. The predicted molar refractivity (Wildman–Crippen MR) is 186 cm³/mol. The molecule has 0 radical (unpaired) electrons. The van der Waals surface area contributed by atoms with E-state index in [1.165, 1.54) is 11.3 Å². The number of ether oxygens (including phenoxy) is 3. The van der Waals surface area contributed by atoms with Gasteiger partial charge in [0.1, 0.15) is 11.8 Å². The fourth-order valence-corrected chi connectivity index (χ4v) is 7.01. The van der Waals surface area contributed by atoms with Crippen molar-refractivity contribution in [2.75, 3.05) is 13.2 Å². The van der Waals surface area contributed by atoms with E-state index in [-0.39, 0.29) is 24.2 Å². The van der Waals surface area contributed by atoms with Gasteiger partial charge in [-0.15, -0.1) is 0 Å². The minimum Gasteiger partial charge on any atom is -0.491 e. The molecule has 0 saturated heterocycles. The molecular weight excluding hydrogens is 627 g/mol. The summed E-state index contributed by atoms with van der Waals surface area (Å²) in [4.78, 5) is 45.1. The van der Waals surface area contributed by atoms with Crippen LogP contribution in [0.4, 0.5) is 0 Å². The summed E-state index contributed by atoms with van der Waals surface area (Å²) in [5.41, 5.74) is 4.62. The van der Waals surface area contributed by atoms with Crippen LogP contribution >= 0.6 is 11.3 Å². The van der Waals surface area contributed by atoms with Crippen molar-refractivity contribution >= 4 is 40.3 Å². The number of esters is 2. The molecule has 9 nitrogen and oxygen atoms in total. The number of rotatable bonds is 10. The van der Waals surface area contributed by atoms with Crippen molar-refractivity contribution in [3.63, 3.8) is 0 Å². The molecule has 3 heterocycles. The molecule has 1 atom stereocenters. The third kappa shape index (κ3) is 6.35. The molecule has 0 unspecified atom stereocenters. The van der Waals surface area contributed by atoms with E-state index in [9.17, 15) is 14.4 Å². The highest BCUT2D eigenvalue weighted by atomic mass is 32.1. The minimum absolute atomic E-state index is 0.120. The van der Waals surface area contributed by atoms with E-state index in [2.05, 4.69) is 4.57 Å². The molecule has 6 rings (SSSR count). The third-order valence-corrected chi connectivity index (χ3v) is 9.00. The topological polar surface area (TPSA) is 101 Å². The van der Waals surface area contributed by atoms with Crippen LogP contribution in [0.25, 0.3) is 17.0 Å². The normalized spacial score (nSPS) is 14.6. The predicted octanol–water partition coefficient (Wildman–Crippen LogP) is 5.77. The van der Waals surface area contributed by atoms with Crippen LogP contribution in [0.5, 0.6) is 5.75 Å². The fourth-order valence-electron chi connectivity index (χ4n) is 5.97. The van der Waals surface area contributed by atoms with Gasteiger partial charge in [0.2, 0.25) is 0 Å². The van der Waals surface area contributed by atoms with Crippen molar-refractivity contribution in [3.8, 4) is 5.75 Å². The first-order valence-electron chi connectivity index (χ1n) is 16.0. The van der Waals surface area contributed by atoms with E-state index in [0.29, 0.717) is 50.6 Å². The van der Waals surface area contributed by atoms with Crippen LogP contribution in [-0.4, -0.2) is 40.4 Å². The minimum atomic E-state index is -0.781. The highest BCUT2D eigenvalue weighted by Crippen LogP contribution is 2.36. The number of aromatic nitrogens is 2. The van der Waals surface area contributed by atoms with Crippen molar-refractivity contribution in [3.05, 3.63) is 132 Å². The number of carbonyl (C=O) groups is 2. The van der Waals surface area contributed by atoms with Crippen LogP contribution in [0.3, 0.4) is 0 Å². The Morgan fingerprint density at radius 1 is 0.938 bits per heavy atom. The number of hydrogen-bond donors (Lipinski definition) is 0. The van der Waals surface area contributed by atoms with E-state index in [4.69, 9.17) is 19.2 Å². The molecule has 2 aromatic heterocycles. The SMILES string of the molecule is CCOC(=O)C1=C(C)N=c2s/c(=C\c3cn(Cc4ccc(C(=O)OCC)cc4)c4ccccc34)c(=O)n2[C@H]1c1ccccc1OC(C)C. The lowest BCUT2D eigenvalue weighted by atomic mass is 9.95. The van der Waals surface area contributed by atoms with Crippen LogP contribution in [0.1, 0.15) is 67.7 Å². The summed E-state index contributed by atoms with van der Waals surface area (Å²) < 4.78 is 20.9. The van der Waals surface area contributed by atoms with Crippen LogP contribution in [0.15, 0.2) is 100 Å². The number of allylic oxidation sites excluding steroid dienone is 1. The van der Waals surface area contributed by atoms with Crippen LogP contribution in [0.2, 0.25) is 0 Å². The molecule has 0 aliphatic carbocycles. The van der Waals surface area contributed by atoms with Crippen molar-refractivity contribution < 1.29 is 23.8 Å². The maximum atomic E-state index is 14.4. The van der Waals surface area contributed by atoms with E-state index < -0.39 is 12.0 Å². The van der Waals surface area contributed by atoms with Crippen LogP contribution in [-0.2, 0) is 20.8 Å². The zero-order chi connectivity index (χ0) is 33.9. The first-order valence-corrected chi connectivity index (χ1v) is 16.8. The van der Waals surface area contributed by atoms with Gasteiger partial charge in [-0.1, -0.05) is 59.9 Å². The summed E-state index contributed by atoms with van der Waals surface area (Å²) in [7, 11) is 0. The summed E-state index contributed by atoms with van der Waals surface area (Å²) >= 11 is 1.28. The second kappa shape index (κ2) is 13.9. The number of carbonyl (C=O) groups excluding carboxylic acids is 2. The Kier molecular flexibility index (Phi) is 9.45. The molecule has 5 aromatic rings. The molecule has 246 valence electrons. The van der Waals surface area contributed by atoms with Crippen LogP contribution < -0.4 is 19.6 Å². The van der Waals surface area contributed by atoms with E-state index in [1.54, 1.807) is 37.5 Å². The van der Waals surface area contributed by atoms with Crippen LogP contribution in [0, 0.1) is 0 Å². The van der Waals surface area contributed by atoms with E-state index in [1.807, 2.05) is 86.8 Å². The standard InChI is InChI=1S/C38H37N3O6S/c1-6-45-36(43)26-18-16-25(17-19-26)21-40-22-27(28-12-8-10-14-30(28)40)20-32-35(42)41-34(29-13-9-11-15-31(29)47-23(3)4)33(37(44)46-7-2)24(5)39-38(41)48-32/h8-20,22-23,34H,6-7,21H2,1-5H3/b32-20-/t34-/m0/s1.